The van der Waals surface area contributed by atoms with Crippen molar-refractivity contribution >= 4 is 0 Å². The van der Waals surface area contributed by atoms with E-state index in [0.29, 0.717) is 6.04 Å². The third-order valence-corrected chi connectivity index (χ3v) is 3.88. The van der Waals surface area contributed by atoms with Crippen molar-refractivity contribution in [3.8, 4) is 0 Å². The van der Waals surface area contributed by atoms with E-state index >= 15 is 0 Å². The van der Waals surface area contributed by atoms with Crippen LogP contribution >= 0.6 is 0 Å². The van der Waals surface area contributed by atoms with Crippen LogP contribution in [0.1, 0.15) is 25.7 Å². The summed E-state index contributed by atoms with van der Waals surface area (Å²) in [4.78, 5) is 2.66. The molecule has 0 aromatic carbocycles. The average Bonchev–Trinajstić information content (AvgIpc) is 3.08. The highest BCUT2D eigenvalue weighted by molar-refractivity contribution is 5.07. The second-order valence-corrected chi connectivity index (χ2v) is 5.30. The number of nitrogens with zero attached hydrogens (tertiary/aromatic N) is 1. The molecular weight excluding hydrogens is 200 g/mol. The summed E-state index contributed by atoms with van der Waals surface area (Å²) in [6.45, 7) is 5.34. The van der Waals surface area contributed by atoms with Gasteiger partial charge >= 0.3 is 0 Å². The van der Waals surface area contributed by atoms with Gasteiger partial charge in [0.15, 0.2) is 0 Å². The van der Waals surface area contributed by atoms with Crippen LogP contribution in [0, 0.1) is 0 Å². The van der Waals surface area contributed by atoms with Crippen LogP contribution < -0.4 is 5.32 Å². The minimum atomic E-state index is 0.712. The van der Waals surface area contributed by atoms with Gasteiger partial charge in [0, 0.05) is 31.7 Å². The lowest BCUT2D eigenvalue weighted by molar-refractivity contribution is 0.148. The summed E-state index contributed by atoms with van der Waals surface area (Å²) in [6, 6.07) is 1.65. The summed E-state index contributed by atoms with van der Waals surface area (Å²) in [5, 5.41) is 3.67. The number of hydrogen-bond donors (Lipinski definition) is 1. The molecule has 0 bridgehead atoms. The third kappa shape index (κ3) is 2.65. The normalized spacial score (nSPS) is 31.8. The van der Waals surface area contributed by atoms with E-state index < -0.39 is 0 Å². The largest absolute Gasteiger partial charge is 0.377 e. The number of ether oxygens (including phenoxy) is 1. The number of likely N-dealkylation sites (tertiary alicyclic amines) is 1. The van der Waals surface area contributed by atoms with Gasteiger partial charge in [0.1, 0.15) is 0 Å². The first-order valence-electron chi connectivity index (χ1n) is 6.65. The molecule has 1 saturated carbocycles. The third-order valence-electron chi connectivity index (χ3n) is 3.88. The molecule has 2 aliphatic heterocycles. The second kappa shape index (κ2) is 4.86. The molecule has 2 heterocycles. The van der Waals surface area contributed by atoms with E-state index in [2.05, 4.69) is 16.3 Å². The fraction of sp³-hybridized carbons (Fsp3) is 0.846. The SMILES string of the molecule is C1=C(CNC2CCN(C3CC3)C2)COCC1. The van der Waals surface area contributed by atoms with Crippen LogP contribution in [0.3, 0.4) is 0 Å². The molecule has 1 aliphatic carbocycles. The van der Waals surface area contributed by atoms with Crippen LogP contribution in [0.25, 0.3) is 0 Å². The van der Waals surface area contributed by atoms with Crippen molar-refractivity contribution in [1.82, 2.24) is 10.2 Å². The van der Waals surface area contributed by atoms with Gasteiger partial charge < -0.3 is 10.1 Å². The smallest absolute Gasteiger partial charge is 0.0689 e. The van der Waals surface area contributed by atoms with Gasteiger partial charge in [-0.1, -0.05) is 6.08 Å². The molecule has 1 N–H and O–H groups in total. The van der Waals surface area contributed by atoms with Gasteiger partial charge in [-0.15, -0.1) is 0 Å². The second-order valence-electron chi connectivity index (χ2n) is 5.30. The van der Waals surface area contributed by atoms with Gasteiger partial charge in [-0.3, -0.25) is 4.90 Å². The lowest BCUT2D eigenvalue weighted by Crippen LogP contribution is -2.35. The molecule has 0 radical (unpaired) electrons. The molecule has 3 aliphatic rings. The zero-order valence-electron chi connectivity index (χ0n) is 9.95. The van der Waals surface area contributed by atoms with E-state index in [1.807, 2.05) is 0 Å². The summed E-state index contributed by atoms with van der Waals surface area (Å²) >= 11 is 0. The Morgan fingerprint density at radius 1 is 1.38 bits per heavy atom. The minimum Gasteiger partial charge on any atom is -0.377 e. The maximum atomic E-state index is 5.45. The molecule has 1 unspecified atom stereocenters. The monoisotopic (exact) mass is 222 g/mol. The van der Waals surface area contributed by atoms with Crippen molar-refractivity contribution in [2.45, 2.75) is 37.8 Å². The summed E-state index contributed by atoms with van der Waals surface area (Å²) in [7, 11) is 0. The Bertz CT molecular complexity index is 273. The first kappa shape index (κ1) is 10.8. The molecule has 1 atom stereocenters. The van der Waals surface area contributed by atoms with Gasteiger partial charge in [-0.25, -0.2) is 0 Å². The van der Waals surface area contributed by atoms with Crippen LogP contribution in [-0.2, 0) is 4.74 Å². The minimum absolute atomic E-state index is 0.712. The van der Waals surface area contributed by atoms with E-state index in [-0.39, 0.29) is 0 Å². The summed E-state index contributed by atoms with van der Waals surface area (Å²) in [6.07, 6.45) is 7.63. The molecule has 16 heavy (non-hydrogen) atoms. The van der Waals surface area contributed by atoms with Crippen LogP contribution in [0.15, 0.2) is 11.6 Å². The van der Waals surface area contributed by atoms with Crippen molar-refractivity contribution in [3.05, 3.63) is 11.6 Å². The van der Waals surface area contributed by atoms with E-state index in [1.165, 1.54) is 37.9 Å². The predicted molar refractivity (Wildman–Crippen MR) is 64.5 cm³/mol. The summed E-state index contributed by atoms with van der Waals surface area (Å²) < 4.78 is 5.45. The molecule has 3 heteroatoms. The summed E-state index contributed by atoms with van der Waals surface area (Å²) in [5.41, 5.74) is 1.44. The maximum Gasteiger partial charge on any atom is 0.0689 e. The van der Waals surface area contributed by atoms with Crippen molar-refractivity contribution in [3.63, 3.8) is 0 Å². The Kier molecular flexibility index (Phi) is 3.27. The van der Waals surface area contributed by atoms with Crippen molar-refractivity contribution < 1.29 is 4.74 Å². The Morgan fingerprint density at radius 2 is 2.31 bits per heavy atom. The molecule has 0 aromatic heterocycles. The highest BCUT2D eigenvalue weighted by Gasteiger charge is 2.34. The highest BCUT2D eigenvalue weighted by Crippen LogP contribution is 2.29. The Hall–Kier alpha value is -0.380. The van der Waals surface area contributed by atoms with Gasteiger partial charge in [-0.05, 0) is 31.3 Å². The van der Waals surface area contributed by atoms with Crippen molar-refractivity contribution in [2.75, 3.05) is 32.8 Å². The molecule has 0 aromatic rings. The van der Waals surface area contributed by atoms with E-state index in [9.17, 15) is 0 Å². The zero-order valence-corrected chi connectivity index (χ0v) is 9.95. The van der Waals surface area contributed by atoms with Crippen LogP contribution in [0.2, 0.25) is 0 Å². The van der Waals surface area contributed by atoms with Crippen LogP contribution in [-0.4, -0.2) is 49.8 Å². The van der Waals surface area contributed by atoms with Gasteiger partial charge in [0.2, 0.25) is 0 Å². The molecule has 2 fully saturated rings. The van der Waals surface area contributed by atoms with Crippen molar-refractivity contribution in [2.24, 2.45) is 0 Å². The zero-order chi connectivity index (χ0) is 10.8. The van der Waals surface area contributed by atoms with Crippen LogP contribution in [0.4, 0.5) is 0 Å². The summed E-state index contributed by atoms with van der Waals surface area (Å²) in [5.74, 6) is 0. The van der Waals surface area contributed by atoms with Crippen LogP contribution in [0.5, 0.6) is 0 Å². The lowest BCUT2D eigenvalue weighted by Gasteiger charge is -2.18. The molecular formula is C13H22N2O. The molecule has 3 rings (SSSR count). The maximum absolute atomic E-state index is 5.45. The molecule has 3 nitrogen and oxygen atoms in total. The molecule has 90 valence electrons. The molecule has 0 spiro atoms. The molecule has 0 amide bonds. The van der Waals surface area contributed by atoms with E-state index in [0.717, 1.165) is 32.2 Å². The first-order chi connectivity index (χ1) is 7.92. The molecule has 1 saturated heterocycles. The topological polar surface area (TPSA) is 24.5 Å². The van der Waals surface area contributed by atoms with E-state index in [1.54, 1.807) is 0 Å². The standard InChI is InChI=1S/C13H22N2O/c1-2-11(10-16-7-1)8-14-12-5-6-15(9-12)13-3-4-13/h2,12-14H,1,3-10H2. The Labute approximate surface area is 97.8 Å². The lowest BCUT2D eigenvalue weighted by atomic mass is 10.2. The Morgan fingerprint density at radius 3 is 3.06 bits per heavy atom. The van der Waals surface area contributed by atoms with E-state index in [4.69, 9.17) is 4.74 Å². The number of rotatable bonds is 4. The fourth-order valence-corrected chi connectivity index (χ4v) is 2.73. The highest BCUT2D eigenvalue weighted by atomic mass is 16.5. The Balaban J connectivity index is 1.40. The van der Waals surface area contributed by atoms with Gasteiger partial charge in [0.25, 0.3) is 0 Å². The predicted octanol–water partition coefficient (Wildman–Crippen LogP) is 1.16. The first-order valence-corrected chi connectivity index (χ1v) is 6.65. The number of hydrogen-bond acceptors (Lipinski definition) is 3. The fourth-order valence-electron chi connectivity index (χ4n) is 2.73. The van der Waals surface area contributed by atoms with Gasteiger partial charge in [-0.2, -0.15) is 0 Å². The van der Waals surface area contributed by atoms with Crippen molar-refractivity contribution in [1.29, 1.82) is 0 Å². The van der Waals surface area contributed by atoms with Gasteiger partial charge in [0.05, 0.1) is 13.2 Å². The average molecular weight is 222 g/mol. The number of nitrogens with one attached hydrogen (secondary N) is 1. The quantitative estimate of drug-likeness (QED) is 0.722.